The quantitative estimate of drug-likeness (QED) is 0.533. The highest BCUT2D eigenvalue weighted by molar-refractivity contribution is 5.82. The summed E-state index contributed by atoms with van der Waals surface area (Å²) in [5.41, 5.74) is 0. The van der Waals surface area contributed by atoms with E-state index in [1.165, 1.54) is 6.92 Å². The van der Waals surface area contributed by atoms with Gasteiger partial charge in [0.15, 0.2) is 6.10 Å². The smallest absolute Gasteiger partial charge is 0.335 e. The molecule has 0 fully saturated rings. The van der Waals surface area contributed by atoms with Crippen LogP contribution in [0.25, 0.3) is 0 Å². The number of hydrogen-bond donors (Lipinski definition) is 2. The zero-order valence-corrected chi connectivity index (χ0v) is 6.27. The van der Waals surface area contributed by atoms with Crippen molar-refractivity contribution in [3.63, 3.8) is 0 Å². The standard InChI is InChI=1S/C6H10O5/c1-3(5(8)9)4(7)6(10)11-2/h3-4,7H,1-2H3,(H,8,9). The average molecular weight is 162 g/mol. The van der Waals surface area contributed by atoms with Gasteiger partial charge in [-0.1, -0.05) is 0 Å². The van der Waals surface area contributed by atoms with Crippen LogP contribution < -0.4 is 0 Å². The van der Waals surface area contributed by atoms with Gasteiger partial charge >= 0.3 is 11.9 Å². The highest BCUT2D eigenvalue weighted by Gasteiger charge is 2.28. The van der Waals surface area contributed by atoms with Gasteiger partial charge < -0.3 is 14.9 Å². The third kappa shape index (κ3) is 2.55. The van der Waals surface area contributed by atoms with Gasteiger partial charge in [-0.25, -0.2) is 4.79 Å². The van der Waals surface area contributed by atoms with E-state index in [4.69, 9.17) is 10.2 Å². The van der Waals surface area contributed by atoms with E-state index < -0.39 is 24.0 Å². The van der Waals surface area contributed by atoms with E-state index in [9.17, 15) is 9.59 Å². The van der Waals surface area contributed by atoms with Crippen molar-refractivity contribution >= 4 is 11.9 Å². The molecule has 0 radical (unpaired) electrons. The Morgan fingerprint density at radius 3 is 2.18 bits per heavy atom. The molecule has 2 atom stereocenters. The van der Waals surface area contributed by atoms with Gasteiger partial charge in [-0.05, 0) is 6.92 Å². The molecule has 0 amide bonds. The van der Waals surface area contributed by atoms with Crippen LogP contribution in [0.2, 0.25) is 0 Å². The second-order valence-electron chi connectivity index (χ2n) is 2.09. The minimum Gasteiger partial charge on any atom is -0.481 e. The van der Waals surface area contributed by atoms with Crippen LogP contribution in [-0.2, 0) is 14.3 Å². The van der Waals surface area contributed by atoms with Crippen molar-refractivity contribution in [3.05, 3.63) is 0 Å². The molecule has 64 valence electrons. The van der Waals surface area contributed by atoms with E-state index in [1.807, 2.05) is 0 Å². The number of hydrogen-bond acceptors (Lipinski definition) is 4. The molecule has 0 aromatic rings. The van der Waals surface area contributed by atoms with Gasteiger partial charge in [0.05, 0.1) is 13.0 Å². The lowest BCUT2D eigenvalue weighted by Gasteiger charge is -2.11. The van der Waals surface area contributed by atoms with Gasteiger partial charge in [0.2, 0.25) is 0 Å². The summed E-state index contributed by atoms with van der Waals surface area (Å²) < 4.78 is 4.13. The lowest BCUT2D eigenvalue weighted by molar-refractivity contribution is -0.160. The summed E-state index contributed by atoms with van der Waals surface area (Å²) in [6.07, 6.45) is -1.59. The summed E-state index contributed by atoms with van der Waals surface area (Å²) in [5.74, 6) is -3.30. The molecule has 0 aliphatic rings. The first-order valence-electron chi connectivity index (χ1n) is 2.99. The summed E-state index contributed by atoms with van der Waals surface area (Å²) >= 11 is 0. The van der Waals surface area contributed by atoms with Crippen molar-refractivity contribution < 1.29 is 24.5 Å². The molecule has 0 aromatic heterocycles. The Morgan fingerprint density at radius 2 is 1.91 bits per heavy atom. The fourth-order valence-electron chi connectivity index (χ4n) is 0.460. The van der Waals surface area contributed by atoms with Crippen LogP contribution in [0.1, 0.15) is 6.92 Å². The molecule has 0 rings (SSSR count). The summed E-state index contributed by atoms with van der Waals surface area (Å²) in [6.45, 7) is 1.23. The largest absolute Gasteiger partial charge is 0.481 e. The zero-order valence-electron chi connectivity index (χ0n) is 6.27. The molecular weight excluding hydrogens is 152 g/mol. The highest BCUT2D eigenvalue weighted by Crippen LogP contribution is 2.03. The Morgan fingerprint density at radius 1 is 1.45 bits per heavy atom. The molecule has 0 aliphatic carbocycles. The molecule has 0 aromatic carbocycles. The first kappa shape index (κ1) is 9.90. The van der Waals surface area contributed by atoms with Crippen molar-refractivity contribution in [1.82, 2.24) is 0 Å². The second-order valence-corrected chi connectivity index (χ2v) is 2.09. The van der Waals surface area contributed by atoms with Gasteiger partial charge in [-0.15, -0.1) is 0 Å². The van der Waals surface area contributed by atoms with Crippen LogP contribution in [-0.4, -0.2) is 35.4 Å². The van der Waals surface area contributed by atoms with Gasteiger partial charge in [0.1, 0.15) is 0 Å². The fourth-order valence-corrected chi connectivity index (χ4v) is 0.460. The molecule has 0 heterocycles. The number of carboxylic acids is 1. The molecule has 2 unspecified atom stereocenters. The number of carboxylic acid groups (broad SMARTS) is 1. The van der Waals surface area contributed by atoms with Gasteiger partial charge in [-0.2, -0.15) is 0 Å². The number of carbonyl (C=O) groups excluding carboxylic acids is 1. The molecule has 0 bridgehead atoms. The van der Waals surface area contributed by atoms with E-state index in [2.05, 4.69) is 4.74 Å². The zero-order chi connectivity index (χ0) is 9.02. The lowest BCUT2D eigenvalue weighted by Crippen LogP contribution is -2.33. The predicted molar refractivity (Wildman–Crippen MR) is 34.8 cm³/mol. The number of aliphatic hydroxyl groups is 1. The van der Waals surface area contributed by atoms with Crippen LogP contribution in [0.5, 0.6) is 0 Å². The maximum absolute atomic E-state index is 10.5. The van der Waals surface area contributed by atoms with Crippen LogP contribution in [0.15, 0.2) is 0 Å². The van der Waals surface area contributed by atoms with Crippen molar-refractivity contribution in [2.45, 2.75) is 13.0 Å². The third-order valence-electron chi connectivity index (χ3n) is 1.31. The molecule has 5 heteroatoms. The predicted octanol–water partition coefficient (Wildman–Crippen LogP) is -0.759. The topological polar surface area (TPSA) is 83.8 Å². The minimum atomic E-state index is -1.59. The first-order chi connectivity index (χ1) is 5.00. The summed E-state index contributed by atoms with van der Waals surface area (Å²) in [5, 5.41) is 17.2. The Labute approximate surface area is 63.6 Å². The summed E-state index contributed by atoms with van der Waals surface area (Å²) in [6, 6.07) is 0. The molecule has 11 heavy (non-hydrogen) atoms. The second kappa shape index (κ2) is 3.92. The number of rotatable bonds is 3. The van der Waals surface area contributed by atoms with Crippen molar-refractivity contribution in [3.8, 4) is 0 Å². The first-order valence-corrected chi connectivity index (χ1v) is 2.99. The number of methoxy groups -OCH3 is 1. The normalized spacial score (nSPS) is 15.2. The van der Waals surface area contributed by atoms with Crippen molar-refractivity contribution in [2.75, 3.05) is 7.11 Å². The molecule has 5 nitrogen and oxygen atoms in total. The van der Waals surface area contributed by atoms with Crippen molar-refractivity contribution in [1.29, 1.82) is 0 Å². The number of ether oxygens (including phenoxy) is 1. The van der Waals surface area contributed by atoms with Gasteiger partial charge in [0.25, 0.3) is 0 Å². The van der Waals surface area contributed by atoms with Gasteiger partial charge in [-0.3, -0.25) is 4.79 Å². The van der Waals surface area contributed by atoms with E-state index in [0.29, 0.717) is 0 Å². The highest BCUT2D eigenvalue weighted by atomic mass is 16.5. The van der Waals surface area contributed by atoms with Crippen LogP contribution in [0.4, 0.5) is 0 Å². The number of aliphatic hydroxyl groups excluding tert-OH is 1. The molecule has 0 saturated carbocycles. The monoisotopic (exact) mass is 162 g/mol. The van der Waals surface area contributed by atoms with E-state index in [-0.39, 0.29) is 0 Å². The molecule has 0 aliphatic heterocycles. The van der Waals surface area contributed by atoms with Crippen molar-refractivity contribution in [2.24, 2.45) is 5.92 Å². The van der Waals surface area contributed by atoms with Crippen LogP contribution >= 0.6 is 0 Å². The third-order valence-corrected chi connectivity index (χ3v) is 1.31. The Hall–Kier alpha value is -1.10. The van der Waals surface area contributed by atoms with E-state index in [0.717, 1.165) is 7.11 Å². The maximum Gasteiger partial charge on any atom is 0.335 e. The van der Waals surface area contributed by atoms with Crippen LogP contribution in [0, 0.1) is 5.92 Å². The Kier molecular flexibility index (Phi) is 3.53. The molecular formula is C6H10O5. The average Bonchev–Trinajstić information content (AvgIpc) is 2.00. The van der Waals surface area contributed by atoms with Crippen LogP contribution in [0.3, 0.4) is 0 Å². The van der Waals surface area contributed by atoms with Gasteiger partial charge in [0, 0.05) is 0 Å². The molecule has 0 spiro atoms. The van der Waals surface area contributed by atoms with E-state index >= 15 is 0 Å². The summed E-state index contributed by atoms with van der Waals surface area (Å²) in [7, 11) is 1.08. The SMILES string of the molecule is COC(=O)C(O)C(C)C(=O)O. The number of aliphatic carboxylic acids is 1. The molecule has 2 N–H and O–H groups in total. The van der Waals surface area contributed by atoms with E-state index in [1.54, 1.807) is 0 Å². The Bertz CT molecular complexity index is 164. The maximum atomic E-state index is 10.5. The summed E-state index contributed by atoms with van der Waals surface area (Å²) in [4.78, 5) is 20.7. The lowest BCUT2D eigenvalue weighted by atomic mass is 10.1. The molecule has 0 saturated heterocycles. The fraction of sp³-hybridized carbons (Fsp3) is 0.667. The number of carbonyl (C=O) groups is 2. The Balaban J connectivity index is 4.12. The minimum absolute atomic E-state index is 0.931. The number of esters is 1.